The second-order valence-corrected chi connectivity index (χ2v) is 29.8. The van der Waals surface area contributed by atoms with Gasteiger partial charge >= 0.3 is 0 Å². The fourth-order valence-electron chi connectivity index (χ4n) is 17.7. The summed E-state index contributed by atoms with van der Waals surface area (Å²) < 4.78 is 9.17. The Morgan fingerprint density at radius 3 is 0.776 bits per heavy atom. The molecule has 0 aliphatic rings. The summed E-state index contributed by atoms with van der Waals surface area (Å²) in [5.74, 6) is 3.71. The van der Waals surface area contributed by atoms with Crippen molar-refractivity contribution in [3.05, 3.63) is 400 Å². The van der Waals surface area contributed by atoms with Crippen LogP contribution in [0.25, 0.3) is 221 Å². The Labute approximate surface area is 665 Å². The van der Waals surface area contributed by atoms with Crippen LogP contribution in [0.4, 0.5) is 0 Å². The maximum Gasteiger partial charge on any atom is 0.238 e. The minimum Gasteiger partial charge on any atom is -0.309 e. The molecule has 18 aromatic carbocycles. The molecule has 0 N–H and O–H groups in total. The van der Waals surface area contributed by atoms with Crippen LogP contribution < -0.4 is 0 Å². The molecule has 0 spiro atoms. The van der Waals surface area contributed by atoms with E-state index in [4.69, 9.17) is 29.9 Å². The van der Waals surface area contributed by atoms with Crippen molar-refractivity contribution in [3.63, 3.8) is 0 Å². The Hall–Kier alpha value is -15.8. The van der Waals surface area contributed by atoms with Crippen molar-refractivity contribution < 1.29 is 0 Å². The number of aromatic nitrogens is 10. The van der Waals surface area contributed by atoms with Gasteiger partial charge in [0.25, 0.3) is 0 Å². The Morgan fingerprint density at radius 1 is 0.138 bits per heavy atom. The Kier molecular flexibility index (Phi) is 15.4. The lowest BCUT2D eigenvalue weighted by Gasteiger charge is -2.11. The van der Waals surface area contributed by atoms with Crippen molar-refractivity contribution in [2.75, 3.05) is 0 Å². The van der Waals surface area contributed by atoms with E-state index >= 15 is 0 Å². The zero-order valence-corrected chi connectivity index (χ0v) is 62.6. The number of hydrogen-bond acceptors (Lipinski definition) is 6. The molecule has 6 heterocycles. The third-order valence-corrected chi connectivity index (χ3v) is 23.1. The van der Waals surface area contributed by atoms with Crippen molar-refractivity contribution in [3.8, 4) is 91.1 Å². The standard InChI is InChI=1S/2C53H33N5/c1-3-14-35(15-4-1)51-54-52(36-16-5-2-6-17-36)56-53(55-51)58-48-22-12-10-20-44(48)46-33-38(26-30-50(46)58)37-25-29-49-45(32-37)43-19-9-11-21-47(43)57(49)40-27-28-42-39(31-40)24-23-34-13-7-8-18-41(34)42;1-3-14-36(15-4-1)51-54-52(37-16-5-2-6-17-37)56-53(55-51)58-48-22-12-10-20-43(48)46-32-39(27-30-50(46)58)38-26-29-49-45(31-38)42-19-9-11-21-47(42)57(49)40-28-25-35-24-23-34-13-7-8-18-41(34)44(35)33-40/h2*1-33H. The number of para-hydroxylation sites is 4. The van der Waals surface area contributed by atoms with Crippen molar-refractivity contribution >= 4 is 130 Å². The Bertz CT molecular complexity index is 7970. The molecule has 0 amide bonds. The zero-order chi connectivity index (χ0) is 76.3. The van der Waals surface area contributed by atoms with Gasteiger partial charge in [-0.25, -0.2) is 9.97 Å². The van der Waals surface area contributed by atoms with Gasteiger partial charge in [0.15, 0.2) is 23.3 Å². The van der Waals surface area contributed by atoms with Crippen LogP contribution >= 0.6 is 0 Å². The monoisotopic (exact) mass is 1480 g/mol. The molecular weight excluding hydrogens is 1410 g/mol. The first-order chi connectivity index (χ1) is 57.5. The van der Waals surface area contributed by atoms with Gasteiger partial charge in [0.05, 0.1) is 44.1 Å². The van der Waals surface area contributed by atoms with Gasteiger partial charge in [-0.3, -0.25) is 9.13 Å². The minimum absolute atomic E-state index is 0.586. The predicted molar refractivity (Wildman–Crippen MR) is 480 cm³/mol. The Morgan fingerprint density at radius 2 is 0.397 bits per heavy atom. The third kappa shape index (κ3) is 11.0. The first kappa shape index (κ1) is 66.0. The van der Waals surface area contributed by atoms with Crippen molar-refractivity contribution in [1.29, 1.82) is 0 Å². The van der Waals surface area contributed by atoms with Crippen LogP contribution in [0, 0.1) is 0 Å². The summed E-state index contributed by atoms with van der Waals surface area (Å²) >= 11 is 0. The van der Waals surface area contributed by atoms with Gasteiger partial charge in [0, 0.05) is 76.7 Å². The molecule has 0 aliphatic heterocycles. The second-order valence-electron chi connectivity index (χ2n) is 29.8. The number of rotatable bonds is 10. The number of fused-ring (bicyclic) bond motifs is 18. The maximum atomic E-state index is 5.11. The lowest BCUT2D eigenvalue weighted by molar-refractivity contribution is 0.953. The van der Waals surface area contributed by atoms with Crippen molar-refractivity contribution in [2.45, 2.75) is 0 Å². The van der Waals surface area contributed by atoms with Gasteiger partial charge in [-0.05, 0) is 162 Å². The van der Waals surface area contributed by atoms with Crippen LogP contribution in [0.1, 0.15) is 0 Å². The molecular formula is C106H66N10. The largest absolute Gasteiger partial charge is 0.309 e. The highest BCUT2D eigenvalue weighted by molar-refractivity contribution is 6.17. The molecule has 0 radical (unpaired) electrons. The fourth-order valence-corrected chi connectivity index (χ4v) is 17.7. The number of nitrogens with zero attached hydrogens (tertiary/aromatic N) is 10. The zero-order valence-electron chi connectivity index (χ0n) is 62.6. The third-order valence-electron chi connectivity index (χ3n) is 23.1. The molecule has 116 heavy (non-hydrogen) atoms. The molecule has 0 unspecified atom stereocenters. The summed E-state index contributed by atoms with van der Waals surface area (Å²) in [5.41, 5.74) is 19.6. The van der Waals surface area contributed by atoms with E-state index in [-0.39, 0.29) is 0 Å². The summed E-state index contributed by atoms with van der Waals surface area (Å²) in [4.78, 5) is 30.4. The van der Waals surface area contributed by atoms with E-state index in [2.05, 4.69) is 297 Å². The highest BCUT2D eigenvalue weighted by Gasteiger charge is 2.24. The quantitative estimate of drug-likeness (QED) is 0.127. The first-order valence-corrected chi connectivity index (χ1v) is 39.2. The highest BCUT2D eigenvalue weighted by atomic mass is 15.2. The SMILES string of the molecule is c1ccc(-c2nc(-c3ccccc3)nc(-n3c4ccccc4c4cc(-c5ccc6c(c5)c5ccccc5n6-c5ccc6c(ccc7ccccc76)c5)ccc43)n2)cc1.c1ccc(-c2nc(-c3ccccc3)nc(-n3c4ccccc4c4cc(-c5ccc6c(c5)c5ccccc5n6-c5ccc6ccc7ccccc7c6c5)ccc43)n2)cc1. The molecule has 0 fully saturated rings. The lowest BCUT2D eigenvalue weighted by atomic mass is 10.0. The van der Waals surface area contributed by atoms with Crippen LogP contribution in [0.3, 0.4) is 0 Å². The molecule has 0 bridgehead atoms. The van der Waals surface area contributed by atoms with E-state index in [1.165, 1.54) is 86.7 Å². The van der Waals surface area contributed by atoms with Crippen molar-refractivity contribution in [2.24, 2.45) is 0 Å². The Balaban J connectivity index is 0.000000137. The summed E-state index contributed by atoms with van der Waals surface area (Å²) in [6.45, 7) is 0. The van der Waals surface area contributed by atoms with Gasteiger partial charge < -0.3 is 9.13 Å². The molecule has 6 aromatic heterocycles. The fraction of sp³-hybridized carbons (Fsp3) is 0. The van der Waals surface area contributed by atoms with Gasteiger partial charge in [0.1, 0.15) is 0 Å². The van der Waals surface area contributed by atoms with E-state index in [0.717, 1.165) is 99.5 Å². The molecule has 0 aliphatic carbocycles. The smallest absolute Gasteiger partial charge is 0.238 e. The molecule has 10 heteroatoms. The van der Waals surface area contributed by atoms with Gasteiger partial charge in [-0.2, -0.15) is 19.9 Å². The van der Waals surface area contributed by atoms with E-state index in [9.17, 15) is 0 Å². The topological polar surface area (TPSA) is 97.1 Å². The molecule has 10 nitrogen and oxygen atoms in total. The minimum atomic E-state index is 0.586. The van der Waals surface area contributed by atoms with Gasteiger partial charge in [0.2, 0.25) is 11.9 Å². The van der Waals surface area contributed by atoms with Crippen molar-refractivity contribution in [1.82, 2.24) is 48.2 Å². The number of benzene rings is 18. The van der Waals surface area contributed by atoms with E-state index in [1.807, 2.05) is 121 Å². The summed E-state index contributed by atoms with van der Waals surface area (Å²) in [5, 5.41) is 19.5. The average Bonchev–Trinajstić information content (AvgIpc) is 1.61. The van der Waals surface area contributed by atoms with E-state index in [1.54, 1.807) is 0 Å². The normalized spacial score (nSPS) is 11.8. The lowest BCUT2D eigenvalue weighted by Crippen LogP contribution is -2.06. The van der Waals surface area contributed by atoms with Gasteiger partial charge in [-0.15, -0.1) is 0 Å². The van der Waals surface area contributed by atoms with Crippen LogP contribution in [-0.2, 0) is 0 Å². The van der Waals surface area contributed by atoms with Crippen LogP contribution in [0.5, 0.6) is 0 Å². The summed E-state index contributed by atoms with van der Waals surface area (Å²) in [6, 6.07) is 142. The van der Waals surface area contributed by atoms with E-state index in [0.29, 0.717) is 35.2 Å². The molecule has 540 valence electrons. The van der Waals surface area contributed by atoms with Gasteiger partial charge in [-0.1, -0.05) is 303 Å². The first-order valence-electron chi connectivity index (χ1n) is 39.2. The molecule has 24 rings (SSSR count). The number of hydrogen-bond donors (Lipinski definition) is 0. The van der Waals surface area contributed by atoms with Crippen LogP contribution in [-0.4, -0.2) is 48.2 Å². The summed E-state index contributed by atoms with van der Waals surface area (Å²) in [7, 11) is 0. The summed E-state index contributed by atoms with van der Waals surface area (Å²) in [6.07, 6.45) is 0. The molecule has 0 saturated heterocycles. The molecule has 0 atom stereocenters. The second kappa shape index (κ2) is 27.0. The average molecular weight is 1480 g/mol. The van der Waals surface area contributed by atoms with Crippen LogP contribution in [0.2, 0.25) is 0 Å². The maximum absolute atomic E-state index is 5.11. The molecule has 0 saturated carbocycles. The molecule has 24 aromatic rings. The predicted octanol–water partition coefficient (Wildman–Crippen LogP) is 26.7. The van der Waals surface area contributed by atoms with Crippen LogP contribution in [0.15, 0.2) is 400 Å². The highest BCUT2D eigenvalue weighted by Crippen LogP contribution is 2.43. The van der Waals surface area contributed by atoms with E-state index < -0.39 is 0 Å².